The lowest BCUT2D eigenvalue weighted by atomic mass is 10.0. The van der Waals surface area contributed by atoms with Crippen molar-refractivity contribution in [1.29, 1.82) is 0 Å². The van der Waals surface area contributed by atoms with Crippen molar-refractivity contribution >= 4 is 64.8 Å². The Morgan fingerprint density at radius 2 is 1.74 bits per heavy atom. The number of hydrogen-bond donors (Lipinski definition) is 3. The van der Waals surface area contributed by atoms with Gasteiger partial charge in [-0.15, -0.1) is 12.6 Å². The highest BCUT2D eigenvalue weighted by Gasteiger charge is 2.34. The van der Waals surface area contributed by atoms with E-state index in [1.165, 1.54) is 12.1 Å². The second kappa shape index (κ2) is 9.74. The molecule has 176 valence electrons. The van der Waals surface area contributed by atoms with Crippen molar-refractivity contribution in [3.63, 3.8) is 0 Å². The predicted molar refractivity (Wildman–Crippen MR) is 135 cm³/mol. The van der Waals surface area contributed by atoms with Crippen molar-refractivity contribution in [2.45, 2.75) is 18.0 Å². The Balaban J connectivity index is 1.54. The molecule has 6 nitrogen and oxygen atoms in total. The topological polar surface area (TPSA) is 72.9 Å². The number of amides is 1. The number of thiol groups is 1. The van der Waals surface area contributed by atoms with Crippen molar-refractivity contribution < 1.29 is 19.1 Å². The van der Waals surface area contributed by atoms with Crippen LogP contribution in [0.1, 0.15) is 15.9 Å². The minimum Gasteiger partial charge on any atom is -0.480 e. The maximum absolute atomic E-state index is 14.0. The van der Waals surface area contributed by atoms with E-state index in [1.807, 2.05) is 47.2 Å². The molecule has 3 aromatic rings. The highest BCUT2D eigenvalue weighted by atomic mass is 35.5. The average molecular weight is 520 g/mol. The molecule has 34 heavy (non-hydrogen) atoms. The van der Waals surface area contributed by atoms with Gasteiger partial charge in [-0.25, -0.2) is 9.18 Å². The number of benzene rings is 3. The predicted octanol–water partition coefficient (Wildman–Crippen LogP) is 5.36. The third kappa shape index (κ3) is 4.53. The van der Waals surface area contributed by atoms with Gasteiger partial charge in [0.15, 0.2) is 5.50 Å². The van der Waals surface area contributed by atoms with Crippen molar-refractivity contribution in [2.75, 3.05) is 16.8 Å². The molecule has 0 saturated carbocycles. The third-order valence-electron chi connectivity index (χ3n) is 5.61. The fourth-order valence-electron chi connectivity index (χ4n) is 3.88. The smallest absolute Gasteiger partial charge is 0.326 e. The number of carboxylic acid groups (broad SMARTS) is 1. The van der Waals surface area contributed by atoms with Gasteiger partial charge in [0.25, 0.3) is 5.91 Å². The van der Waals surface area contributed by atoms with Crippen molar-refractivity contribution in [1.82, 2.24) is 5.32 Å². The van der Waals surface area contributed by atoms with Crippen LogP contribution in [-0.4, -0.2) is 35.6 Å². The molecule has 0 saturated heterocycles. The van der Waals surface area contributed by atoms with E-state index in [-0.39, 0.29) is 22.5 Å². The second-order valence-corrected chi connectivity index (χ2v) is 9.04. The van der Waals surface area contributed by atoms with Crippen LogP contribution < -0.4 is 15.1 Å². The van der Waals surface area contributed by atoms with Crippen LogP contribution in [0.15, 0.2) is 60.7 Å². The number of nitrogens with zero attached hydrogens (tertiary/aromatic N) is 2. The second-order valence-electron chi connectivity index (χ2n) is 7.77. The number of hydrogen-bond acceptors (Lipinski definition) is 5. The number of aliphatic carboxylic acids is 1. The summed E-state index contributed by atoms with van der Waals surface area (Å²) in [5.74, 6) is -2.96. The number of carboxylic acids is 1. The van der Waals surface area contributed by atoms with E-state index < -0.39 is 23.7 Å². The zero-order valence-electron chi connectivity index (χ0n) is 17.9. The molecule has 0 spiro atoms. The lowest BCUT2D eigenvalue weighted by Crippen LogP contribution is -2.42. The molecule has 2 atom stereocenters. The third-order valence-corrected chi connectivity index (χ3v) is 6.81. The summed E-state index contributed by atoms with van der Waals surface area (Å²) in [6.45, 7) is 0. The number of nitrogens with one attached hydrogen (secondary N) is 1. The monoisotopic (exact) mass is 519 g/mol. The molecule has 1 aliphatic rings. The lowest BCUT2D eigenvalue weighted by Gasteiger charge is -2.27. The van der Waals surface area contributed by atoms with Crippen LogP contribution in [-0.2, 0) is 11.2 Å². The Hall–Kier alpha value is -2.94. The SMILES string of the molecule is CN1c2cccc(Cl)c2N(c2ccc(C[C@H](NC(=O)c3c(F)cccc3Cl)C(=O)O)cc2)C1S. The van der Waals surface area contributed by atoms with Crippen molar-refractivity contribution in [3.8, 4) is 0 Å². The van der Waals surface area contributed by atoms with E-state index in [0.717, 1.165) is 23.1 Å². The molecule has 1 unspecified atom stereocenters. The molecule has 2 N–H and O–H groups in total. The van der Waals surface area contributed by atoms with Gasteiger partial charge >= 0.3 is 5.97 Å². The maximum atomic E-state index is 14.0. The van der Waals surface area contributed by atoms with Gasteiger partial charge in [0, 0.05) is 19.2 Å². The Morgan fingerprint density at radius 3 is 2.38 bits per heavy atom. The largest absolute Gasteiger partial charge is 0.480 e. The first-order valence-corrected chi connectivity index (χ1v) is 11.5. The molecule has 10 heteroatoms. The Bertz CT molecular complexity index is 1240. The highest BCUT2D eigenvalue weighted by molar-refractivity contribution is 7.81. The van der Waals surface area contributed by atoms with Gasteiger partial charge in [-0.3, -0.25) is 4.79 Å². The molecule has 3 aromatic carbocycles. The molecule has 0 fully saturated rings. The summed E-state index contributed by atoms with van der Waals surface area (Å²) in [6, 6.07) is 15.4. The molecular formula is C24H20Cl2FN3O3S. The number of carbonyl (C=O) groups excluding carboxylic acids is 1. The first kappa shape index (κ1) is 24.2. The number of fused-ring (bicyclic) bond motifs is 1. The molecule has 0 aromatic heterocycles. The molecule has 1 aliphatic heterocycles. The Kier molecular flexibility index (Phi) is 6.93. The van der Waals surface area contributed by atoms with Crippen LogP contribution in [0.3, 0.4) is 0 Å². The van der Waals surface area contributed by atoms with Crippen LogP contribution in [0.4, 0.5) is 21.5 Å². The first-order chi connectivity index (χ1) is 16.2. The minimum absolute atomic E-state index is 0.00499. The lowest BCUT2D eigenvalue weighted by molar-refractivity contribution is -0.139. The van der Waals surface area contributed by atoms with Crippen LogP contribution in [0.25, 0.3) is 0 Å². The number of halogens is 3. The molecule has 0 radical (unpaired) electrons. The van der Waals surface area contributed by atoms with Gasteiger partial charge in [-0.2, -0.15) is 0 Å². The molecule has 1 heterocycles. The summed E-state index contributed by atoms with van der Waals surface area (Å²) in [5.41, 5.74) is 2.58. The molecular weight excluding hydrogens is 500 g/mol. The van der Waals surface area contributed by atoms with Gasteiger partial charge in [0.2, 0.25) is 0 Å². The van der Waals surface area contributed by atoms with Crippen molar-refractivity contribution in [2.24, 2.45) is 0 Å². The fourth-order valence-corrected chi connectivity index (χ4v) is 4.76. The standard InChI is InChI=1S/C24H20Cl2FN3O3S/c1-29-19-7-3-5-16(26)21(19)30(24(29)34)14-10-8-13(9-11-14)12-18(23(32)33)28-22(31)20-15(25)4-2-6-17(20)27/h2-11,18,24,34H,12H2,1H3,(H,28,31)(H,32,33)/t18-,24?/m0/s1. The van der Waals surface area contributed by atoms with Gasteiger partial charge in [0.05, 0.1) is 27.0 Å². The molecule has 4 rings (SSSR count). The normalized spacial score (nSPS) is 15.7. The quantitative estimate of drug-likeness (QED) is 0.382. The molecule has 0 aliphatic carbocycles. The van der Waals surface area contributed by atoms with E-state index in [9.17, 15) is 19.1 Å². The minimum atomic E-state index is -1.28. The summed E-state index contributed by atoms with van der Waals surface area (Å²) in [6.07, 6.45) is -0.00499. The van der Waals surface area contributed by atoms with E-state index in [1.54, 1.807) is 12.1 Å². The van der Waals surface area contributed by atoms with E-state index in [2.05, 4.69) is 5.32 Å². The van der Waals surface area contributed by atoms with Crippen LogP contribution in [0, 0.1) is 5.82 Å². The number of rotatable bonds is 6. The van der Waals surface area contributed by atoms with E-state index >= 15 is 0 Å². The summed E-state index contributed by atoms with van der Waals surface area (Å²) in [5, 5.41) is 12.5. The first-order valence-electron chi connectivity index (χ1n) is 10.2. The van der Waals surface area contributed by atoms with E-state index in [0.29, 0.717) is 10.6 Å². The summed E-state index contributed by atoms with van der Waals surface area (Å²) in [7, 11) is 1.92. The Morgan fingerprint density at radius 1 is 1.09 bits per heavy atom. The zero-order chi connectivity index (χ0) is 24.6. The van der Waals surface area contributed by atoms with Crippen LogP contribution in [0.5, 0.6) is 0 Å². The summed E-state index contributed by atoms with van der Waals surface area (Å²) >= 11 is 17.1. The number of carbonyl (C=O) groups is 2. The van der Waals surface area contributed by atoms with Gasteiger partial charge in [-0.1, -0.05) is 47.5 Å². The fraction of sp³-hybridized carbons (Fsp3) is 0.167. The van der Waals surface area contributed by atoms with Gasteiger partial charge in [-0.05, 0) is 42.0 Å². The molecule has 0 bridgehead atoms. The average Bonchev–Trinajstić information content (AvgIpc) is 3.05. The summed E-state index contributed by atoms with van der Waals surface area (Å²) < 4.78 is 14.0. The van der Waals surface area contributed by atoms with Crippen molar-refractivity contribution in [3.05, 3.63) is 87.7 Å². The van der Waals surface area contributed by atoms with Crippen LogP contribution in [0.2, 0.25) is 10.0 Å². The molecule has 1 amide bonds. The number of anilines is 3. The Labute approximate surface area is 211 Å². The summed E-state index contributed by atoms with van der Waals surface area (Å²) in [4.78, 5) is 28.3. The van der Waals surface area contributed by atoms with Gasteiger partial charge in [0.1, 0.15) is 11.9 Å². The number of para-hydroxylation sites is 1. The highest BCUT2D eigenvalue weighted by Crippen LogP contribution is 2.48. The van der Waals surface area contributed by atoms with Gasteiger partial charge < -0.3 is 20.2 Å². The van der Waals surface area contributed by atoms with Crippen LogP contribution >= 0.6 is 35.8 Å². The maximum Gasteiger partial charge on any atom is 0.326 e. The van der Waals surface area contributed by atoms with E-state index in [4.69, 9.17) is 35.8 Å². The zero-order valence-corrected chi connectivity index (χ0v) is 20.3.